The number of nitrogens with two attached hydrogens (primary N) is 3. The number of fused-ring (bicyclic) bond motifs is 1. The van der Waals surface area contributed by atoms with Gasteiger partial charge in [-0.05, 0) is 117 Å². The molecule has 4 heterocycles. The number of amides is 3. The van der Waals surface area contributed by atoms with Crippen LogP contribution >= 0.6 is 0 Å². The number of likely N-dealkylation sites (N-methyl/N-ethyl adjacent to an activating group) is 1. The Morgan fingerprint density at radius 1 is 1.03 bits per heavy atom. The van der Waals surface area contributed by atoms with Crippen LogP contribution in [0.3, 0.4) is 0 Å². The monoisotopic (exact) mass is 920 g/mol. The quantitative estimate of drug-likeness (QED) is 0.0168. The number of rotatable bonds is 18. The number of aryl methyl sites for hydroxylation is 2. The van der Waals surface area contributed by atoms with Crippen LogP contribution in [0.4, 0.5) is 0 Å². The van der Waals surface area contributed by atoms with E-state index < -0.39 is 11.9 Å². The molecule has 2 fully saturated rings. The van der Waals surface area contributed by atoms with Gasteiger partial charge < -0.3 is 29.6 Å². The minimum absolute atomic E-state index is 0.0347. The van der Waals surface area contributed by atoms with E-state index in [1.54, 1.807) is 7.05 Å². The number of likely N-dealkylation sites (tertiary alicyclic amines) is 1. The third-order valence-corrected chi connectivity index (χ3v) is 11.8. The number of carbonyl (C=O) groups is 3. The largest absolute Gasteiger partial charge is 0.446 e. The lowest BCUT2D eigenvalue weighted by Crippen LogP contribution is -2.45. The van der Waals surface area contributed by atoms with Crippen molar-refractivity contribution in [2.45, 2.75) is 131 Å². The van der Waals surface area contributed by atoms with Gasteiger partial charge in [0.2, 0.25) is 18.2 Å². The number of hydrogen-bond acceptors (Lipinski definition) is 8. The van der Waals surface area contributed by atoms with Crippen molar-refractivity contribution in [2.75, 3.05) is 33.4 Å². The normalized spacial score (nSPS) is 14.4. The first kappa shape index (κ1) is 57.4. The Kier molecular flexibility index (Phi) is 26.1. The summed E-state index contributed by atoms with van der Waals surface area (Å²) >= 11 is 0. The van der Waals surface area contributed by atoms with Gasteiger partial charge in [-0.25, -0.2) is 0 Å². The second kappa shape index (κ2) is 30.5. The molecule has 366 valence electrons. The highest BCUT2D eigenvalue weighted by Crippen LogP contribution is 2.43. The molecule has 0 saturated carbocycles. The van der Waals surface area contributed by atoms with E-state index in [-0.39, 0.29) is 23.3 Å². The van der Waals surface area contributed by atoms with Crippen molar-refractivity contribution < 1.29 is 23.9 Å². The predicted octanol–water partition coefficient (Wildman–Crippen LogP) is 9.93. The maximum absolute atomic E-state index is 10.8. The number of carbonyl (C=O) groups excluding carboxylic acids is 3. The molecule has 0 spiro atoms. The third kappa shape index (κ3) is 17.5. The Bertz CT molecular complexity index is 2180. The van der Waals surface area contributed by atoms with Crippen LogP contribution in [0, 0.1) is 23.9 Å². The van der Waals surface area contributed by atoms with Crippen molar-refractivity contribution >= 4 is 29.1 Å². The van der Waals surface area contributed by atoms with Gasteiger partial charge in [-0.2, -0.15) is 0 Å². The van der Waals surface area contributed by atoms with Crippen LogP contribution in [0.2, 0.25) is 0 Å². The number of terminal acetylenes is 1. The zero-order chi connectivity index (χ0) is 49.9. The first-order valence-corrected chi connectivity index (χ1v) is 23.9. The lowest BCUT2D eigenvalue weighted by Gasteiger charge is -2.24. The van der Waals surface area contributed by atoms with Crippen LogP contribution in [-0.2, 0) is 43.2 Å². The highest BCUT2D eigenvalue weighted by atomic mass is 16.5. The van der Waals surface area contributed by atoms with Crippen molar-refractivity contribution in [3.63, 3.8) is 0 Å². The van der Waals surface area contributed by atoms with Crippen LogP contribution in [-0.4, -0.2) is 77.0 Å². The number of unbranched alkanes of at least 4 members (excludes halogenated alkanes) is 3. The molecule has 2 atom stereocenters. The number of allylic oxidation sites excluding steroid dienone is 1. The number of ether oxygens (including phenoxy) is 2. The van der Waals surface area contributed by atoms with Crippen LogP contribution in [0.15, 0.2) is 86.1 Å². The Hall–Kier alpha value is -5.74. The molecule has 2 saturated heterocycles. The molecule has 0 aliphatic carbocycles. The molecule has 2 aliphatic heterocycles. The van der Waals surface area contributed by atoms with E-state index in [1.807, 2.05) is 37.1 Å². The molecule has 6 N–H and O–H groups in total. The minimum atomic E-state index is -0.493. The van der Waals surface area contributed by atoms with E-state index in [2.05, 4.69) is 119 Å². The lowest BCUT2D eigenvalue weighted by molar-refractivity contribution is -0.131. The summed E-state index contributed by atoms with van der Waals surface area (Å²) in [6.45, 7) is 25.8. The molecule has 6 rings (SSSR count). The number of benzene rings is 2. The summed E-state index contributed by atoms with van der Waals surface area (Å²) in [5.74, 6) is 7.67. The fourth-order valence-corrected chi connectivity index (χ4v) is 8.49. The van der Waals surface area contributed by atoms with E-state index in [0.29, 0.717) is 13.0 Å². The van der Waals surface area contributed by atoms with Gasteiger partial charge in [0.05, 0.1) is 11.4 Å². The second-order valence-corrected chi connectivity index (χ2v) is 17.9. The van der Waals surface area contributed by atoms with Crippen molar-refractivity contribution in [1.29, 1.82) is 0 Å². The van der Waals surface area contributed by atoms with Gasteiger partial charge in [0.15, 0.2) is 0 Å². The summed E-state index contributed by atoms with van der Waals surface area (Å²) in [6, 6.07) is 19.5. The second-order valence-electron chi connectivity index (χ2n) is 17.9. The van der Waals surface area contributed by atoms with Crippen LogP contribution in [0.5, 0.6) is 0 Å². The van der Waals surface area contributed by atoms with E-state index in [1.165, 1.54) is 75.5 Å². The average molecular weight is 920 g/mol. The van der Waals surface area contributed by atoms with Gasteiger partial charge in [0, 0.05) is 61.4 Å². The summed E-state index contributed by atoms with van der Waals surface area (Å²) in [7, 11) is 1.54. The Balaban J connectivity index is 0.000000430. The molecule has 12 nitrogen and oxygen atoms in total. The number of primary amides is 1. The molecule has 2 aromatic heterocycles. The number of nitrogens with zero attached hydrogens (tertiary/aromatic N) is 4. The Morgan fingerprint density at radius 3 is 2.27 bits per heavy atom. The van der Waals surface area contributed by atoms with E-state index in [9.17, 15) is 14.4 Å². The number of hydrazine groups is 1. The van der Waals surface area contributed by atoms with Crippen LogP contribution in [0.1, 0.15) is 123 Å². The minimum Gasteiger partial charge on any atom is -0.446 e. The molecule has 4 aromatic rings. The van der Waals surface area contributed by atoms with Gasteiger partial charge in [-0.3, -0.25) is 31.1 Å². The molecule has 0 radical (unpaired) electrons. The number of aromatic nitrogens is 2. The van der Waals surface area contributed by atoms with Crippen molar-refractivity contribution in [3.05, 3.63) is 103 Å². The summed E-state index contributed by atoms with van der Waals surface area (Å²) < 4.78 is 14.0. The van der Waals surface area contributed by atoms with E-state index in [4.69, 9.17) is 26.6 Å². The van der Waals surface area contributed by atoms with Gasteiger partial charge >= 0.3 is 0 Å². The summed E-state index contributed by atoms with van der Waals surface area (Å²) in [4.78, 5) is 39.8. The molecule has 2 aromatic carbocycles. The van der Waals surface area contributed by atoms with Crippen molar-refractivity contribution in [3.8, 4) is 34.9 Å². The maximum Gasteiger partial charge on any atom is 0.245 e. The standard InChI is InChI=1S/C34H38N2O2.C7H14N2O2.C7H11NO.C7H14.H4N2/c1-6-24-12-9-13-25(20-24)26-16-17-30-28(21-26)29(22-34(4,5)23-37-8-3)33(36(30)7-2)27-14-10-18-35-32(27)31-15-11-19-38-31;1-5(2)6(7(8)11)9(3)4-10;1-2-7(9)8-5-3-4-6-8;1-3-5-7-6-4-2;1-2/h3,9-10,12-14,16-18,20-21,31H,6-7,11,15,19,22-23H2,1-2,4-5H3;4-6H,1-3H3,(H2,8,11);2H,1,3-6H2;3H,1,4-7H2,2H3;1-2H2. The highest BCUT2D eigenvalue weighted by molar-refractivity contribution is 5.95. The molecule has 3 amide bonds. The Labute approximate surface area is 402 Å². The summed E-state index contributed by atoms with van der Waals surface area (Å²) in [5, 5.41) is 1.28. The fraction of sp³-hybridized carbons (Fsp3) is 0.491. The smallest absolute Gasteiger partial charge is 0.245 e. The van der Waals surface area contributed by atoms with Crippen LogP contribution in [0.25, 0.3) is 33.3 Å². The first-order valence-electron chi connectivity index (χ1n) is 23.9. The van der Waals surface area contributed by atoms with Crippen molar-refractivity contribution in [2.24, 2.45) is 28.8 Å². The molecule has 67 heavy (non-hydrogen) atoms. The predicted molar refractivity (Wildman–Crippen MR) is 276 cm³/mol. The number of pyridine rings is 1. The zero-order valence-corrected chi connectivity index (χ0v) is 41.9. The van der Waals surface area contributed by atoms with Crippen LogP contribution < -0.4 is 17.4 Å². The Morgan fingerprint density at radius 2 is 1.73 bits per heavy atom. The molecule has 2 unspecified atom stereocenters. The third-order valence-electron chi connectivity index (χ3n) is 11.8. The highest BCUT2D eigenvalue weighted by Gasteiger charge is 2.30. The van der Waals surface area contributed by atoms with Gasteiger partial charge in [-0.1, -0.05) is 104 Å². The van der Waals surface area contributed by atoms with Gasteiger partial charge in [0.1, 0.15) is 24.9 Å². The molecule has 0 bridgehead atoms. The topological polar surface area (TPSA) is 172 Å². The molecule has 12 heteroatoms. The molecular weight excluding hydrogens is 839 g/mol. The summed E-state index contributed by atoms with van der Waals surface area (Å²) in [6.07, 6.45) is 25.1. The fourth-order valence-electron chi connectivity index (χ4n) is 8.49. The number of hydrogen-bond donors (Lipinski definition) is 3. The molecular formula is C55H81N7O5. The van der Waals surface area contributed by atoms with Gasteiger partial charge in [-0.15, -0.1) is 6.58 Å². The lowest BCUT2D eigenvalue weighted by atomic mass is 9.84. The maximum atomic E-state index is 10.8. The van der Waals surface area contributed by atoms with E-state index >= 15 is 0 Å². The zero-order valence-electron chi connectivity index (χ0n) is 41.9. The molecule has 2 aliphatic rings. The van der Waals surface area contributed by atoms with E-state index in [0.717, 1.165) is 76.0 Å². The SMILES string of the molecule is C#COCC(C)(C)Cc1c(-c2cccnc2C2CCCO2)n(CC)c2ccc(-c3cccc(CC)c3)cc12.C=CC(=O)N1CCCC1.C=CCCCCC.CC(C)C(C(N)=O)N(C)C=O.NN. The van der Waals surface area contributed by atoms with Crippen molar-refractivity contribution in [1.82, 2.24) is 19.4 Å². The average Bonchev–Trinajstić information content (AvgIpc) is 4.14. The van der Waals surface area contributed by atoms with Gasteiger partial charge in [0.25, 0.3) is 0 Å². The first-order chi connectivity index (χ1) is 32.2. The summed E-state index contributed by atoms with van der Waals surface area (Å²) in [5.41, 5.74) is 14.7.